The number of hydrogen-bond donors (Lipinski definition) is 0. The Balaban J connectivity index is 1.50. The van der Waals surface area contributed by atoms with E-state index < -0.39 is 5.82 Å². The Morgan fingerprint density at radius 1 is 1.26 bits per heavy atom. The Labute approximate surface area is 158 Å². The van der Waals surface area contributed by atoms with E-state index in [1.54, 1.807) is 22.7 Å². The van der Waals surface area contributed by atoms with Crippen molar-refractivity contribution in [3.8, 4) is 0 Å². The molecule has 7 heteroatoms. The van der Waals surface area contributed by atoms with Crippen molar-refractivity contribution >= 4 is 5.91 Å². The molecule has 3 rings (SSSR count). The molecule has 5 nitrogen and oxygen atoms in total. The fourth-order valence-electron chi connectivity index (χ4n) is 3.56. The largest absolute Gasteiger partial charge is 0.340 e. The van der Waals surface area contributed by atoms with Gasteiger partial charge in [0, 0.05) is 38.4 Å². The molecule has 0 atom stereocenters. The Morgan fingerprint density at radius 3 is 2.59 bits per heavy atom. The van der Waals surface area contributed by atoms with E-state index in [0.717, 1.165) is 37.7 Å². The summed E-state index contributed by atoms with van der Waals surface area (Å²) in [5.74, 6) is -0.444. The van der Waals surface area contributed by atoms with E-state index in [-0.39, 0.29) is 11.7 Å². The minimum Gasteiger partial charge on any atom is -0.340 e. The van der Waals surface area contributed by atoms with Gasteiger partial charge in [-0.15, -0.1) is 0 Å². The number of carbonyl (C=O) groups excluding carboxylic acids is 1. The molecule has 0 aliphatic carbocycles. The van der Waals surface area contributed by atoms with E-state index in [1.165, 1.54) is 12.1 Å². The van der Waals surface area contributed by atoms with Gasteiger partial charge in [-0.05, 0) is 63.0 Å². The second kappa shape index (κ2) is 8.17. The summed E-state index contributed by atoms with van der Waals surface area (Å²) in [7, 11) is 3.63. The fraction of sp³-hybridized carbons (Fsp3) is 0.500. The van der Waals surface area contributed by atoms with Crippen LogP contribution >= 0.6 is 0 Å². The number of amides is 1. The van der Waals surface area contributed by atoms with Crippen LogP contribution in [0.25, 0.3) is 0 Å². The van der Waals surface area contributed by atoms with Crippen LogP contribution in [0.1, 0.15) is 34.6 Å². The van der Waals surface area contributed by atoms with Crippen molar-refractivity contribution in [1.29, 1.82) is 0 Å². The summed E-state index contributed by atoms with van der Waals surface area (Å²) in [6.45, 7) is 4.63. The topological polar surface area (TPSA) is 41.4 Å². The summed E-state index contributed by atoms with van der Waals surface area (Å²) in [4.78, 5) is 16.4. The van der Waals surface area contributed by atoms with Crippen LogP contribution in [0.4, 0.5) is 8.78 Å². The van der Waals surface area contributed by atoms with Crippen LogP contribution in [0.15, 0.2) is 24.3 Å². The van der Waals surface area contributed by atoms with Gasteiger partial charge in [0.1, 0.15) is 11.6 Å². The highest BCUT2D eigenvalue weighted by Gasteiger charge is 2.24. The molecular weight excluding hydrogens is 350 g/mol. The molecule has 1 amide bonds. The first-order valence-electron chi connectivity index (χ1n) is 9.26. The zero-order chi connectivity index (χ0) is 19.6. The van der Waals surface area contributed by atoms with Gasteiger partial charge in [0.2, 0.25) is 0 Å². The SMILES string of the molecule is Cc1cc(C(=O)N(C)CC2CCN(Cc3cc(F)ccc3F)CC2)nn1C. The number of halogens is 2. The van der Waals surface area contributed by atoms with Crippen LogP contribution in [-0.2, 0) is 13.6 Å². The number of piperidine rings is 1. The van der Waals surface area contributed by atoms with E-state index in [2.05, 4.69) is 10.00 Å². The molecule has 1 aromatic heterocycles. The molecule has 0 N–H and O–H groups in total. The average molecular weight is 376 g/mol. The molecule has 0 bridgehead atoms. The smallest absolute Gasteiger partial charge is 0.274 e. The summed E-state index contributed by atoms with van der Waals surface area (Å²) < 4.78 is 28.8. The van der Waals surface area contributed by atoms with Crippen LogP contribution in [0, 0.1) is 24.5 Å². The number of aromatic nitrogens is 2. The quantitative estimate of drug-likeness (QED) is 0.806. The van der Waals surface area contributed by atoms with Crippen LogP contribution in [0.5, 0.6) is 0 Å². The van der Waals surface area contributed by atoms with Gasteiger partial charge in [-0.25, -0.2) is 8.78 Å². The lowest BCUT2D eigenvalue weighted by atomic mass is 9.95. The molecular formula is C20H26F2N4O. The van der Waals surface area contributed by atoms with Crippen molar-refractivity contribution in [3.05, 3.63) is 52.9 Å². The molecule has 2 aromatic rings. The average Bonchev–Trinajstić information content (AvgIpc) is 2.98. The molecule has 27 heavy (non-hydrogen) atoms. The second-order valence-corrected chi connectivity index (χ2v) is 7.44. The highest BCUT2D eigenvalue weighted by molar-refractivity contribution is 5.92. The van der Waals surface area contributed by atoms with Gasteiger partial charge < -0.3 is 4.90 Å². The number of hydrogen-bond acceptors (Lipinski definition) is 3. The molecule has 1 aliphatic rings. The van der Waals surface area contributed by atoms with Crippen LogP contribution in [0.2, 0.25) is 0 Å². The number of rotatable bonds is 5. The third-order valence-corrected chi connectivity index (χ3v) is 5.32. The highest BCUT2D eigenvalue weighted by atomic mass is 19.1. The van der Waals surface area contributed by atoms with Crippen LogP contribution < -0.4 is 0 Å². The Hall–Kier alpha value is -2.28. The Morgan fingerprint density at radius 2 is 1.96 bits per heavy atom. The summed E-state index contributed by atoms with van der Waals surface area (Å²) in [5, 5.41) is 4.25. The molecule has 0 unspecified atom stereocenters. The lowest BCUT2D eigenvalue weighted by molar-refractivity contribution is 0.0730. The summed E-state index contributed by atoms with van der Waals surface area (Å²) >= 11 is 0. The molecule has 1 aliphatic heterocycles. The number of aryl methyl sites for hydroxylation is 2. The second-order valence-electron chi connectivity index (χ2n) is 7.44. The van der Waals surface area contributed by atoms with Gasteiger partial charge in [-0.3, -0.25) is 14.4 Å². The fourth-order valence-corrected chi connectivity index (χ4v) is 3.56. The van der Waals surface area contributed by atoms with E-state index in [9.17, 15) is 13.6 Å². The van der Waals surface area contributed by atoms with Gasteiger partial charge in [0.15, 0.2) is 5.69 Å². The first kappa shape index (κ1) is 19.5. The van der Waals surface area contributed by atoms with Gasteiger partial charge in [-0.1, -0.05) is 0 Å². The van der Waals surface area contributed by atoms with Gasteiger partial charge in [0.05, 0.1) is 0 Å². The van der Waals surface area contributed by atoms with Crippen molar-refractivity contribution in [2.45, 2.75) is 26.3 Å². The van der Waals surface area contributed by atoms with Crippen molar-refractivity contribution < 1.29 is 13.6 Å². The number of likely N-dealkylation sites (tertiary alicyclic amines) is 1. The van der Waals surface area contributed by atoms with Crippen molar-refractivity contribution in [2.75, 3.05) is 26.7 Å². The number of nitrogens with zero attached hydrogens (tertiary/aromatic N) is 4. The third-order valence-electron chi connectivity index (χ3n) is 5.32. The number of benzene rings is 1. The summed E-state index contributed by atoms with van der Waals surface area (Å²) in [6.07, 6.45) is 1.85. The predicted molar refractivity (Wildman–Crippen MR) is 99.3 cm³/mol. The minimum atomic E-state index is -0.411. The zero-order valence-electron chi connectivity index (χ0n) is 16.1. The molecule has 146 valence electrons. The van der Waals surface area contributed by atoms with Crippen LogP contribution in [-0.4, -0.2) is 52.2 Å². The van der Waals surface area contributed by atoms with E-state index in [1.807, 2.05) is 14.0 Å². The van der Waals surface area contributed by atoms with Crippen molar-refractivity contribution in [2.24, 2.45) is 13.0 Å². The minimum absolute atomic E-state index is 0.0667. The Kier molecular flexibility index (Phi) is 5.89. The van der Waals surface area contributed by atoms with E-state index in [0.29, 0.717) is 30.3 Å². The lowest BCUT2D eigenvalue weighted by Gasteiger charge is -2.33. The summed E-state index contributed by atoms with van der Waals surface area (Å²) in [6, 6.07) is 5.38. The maximum atomic E-state index is 13.8. The molecule has 1 fully saturated rings. The summed E-state index contributed by atoms with van der Waals surface area (Å²) in [5.41, 5.74) is 1.81. The Bertz CT molecular complexity index is 793. The van der Waals surface area contributed by atoms with E-state index >= 15 is 0 Å². The van der Waals surface area contributed by atoms with Crippen molar-refractivity contribution in [3.63, 3.8) is 0 Å². The van der Waals surface area contributed by atoms with Crippen LogP contribution in [0.3, 0.4) is 0 Å². The maximum absolute atomic E-state index is 13.8. The third kappa shape index (κ3) is 4.71. The number of carbonyl (C=O) groups is 1. The zero-order valence-corrected chi connectivity index (χ0v) is 16.1. The first-order valence-corrected chi connectivity index (χ1v) is 9.26. The molecule has 0 spiro atoms. The normalized spacial score (nSPS) is 15.9. The predicted octanol–water partition coefficient (Wildman–Crippen LogP) is 2.99. The molecule has 0 saturated carbocycles. The molecule has 0 radical (unpaired) electrons. The monoisotopic (exact) mass is 376 g/mol. The van der Waals surface area contributed by atoms with E-state index in [4.69, 9.17) is 0 Å². The van der Waals surface area contributed by atoms with Crippen molar-refractivity contribution in [1.82, 2.24) is 19.6 Å². The van der Waals surface area contributed by atoms with Gasteiger partial charge in [-0.2, -0.15) is 5.10 Å². The molecule has 1 saturated heterocycles. The molecule has 1 aromatic carbocycles. The highest BCUT2D eigenvalue weighted by Crippen LogP contribution is 2.21. The standard InChI is InChI=1S/C20H26F2N4O/c1-14-10-19(23-25(14)3)20(27)24(2)12-15-6-8-26(9-7-15)13-16-11-17(21)4-5-18(16)22/h4-5,10-11,15H,6-9,12-13H2,1-3H3. The molecule has 2 heterocycles. The maximum Gasteiger partial charge on any atom is 0.274 e. The first-order chi connectivity index (χ1) is 12.8. The van der Waals surface area contributed by atoms with Gasteiger partial charge >= 0.3 is 0 Å². The van der Waals surface area contributed by atoms with Gasteiger partial charge in [0.25, 0.3) is 5.91 Å². The lowest BCUT2D eigenvalue weighted by Crippen LogP contribution is -2.39.